The first-order chi connectivity index (χ1) is 12.5. The average molecular weight is 393 g/mol. The molecule has 0 N–H and O–H groups in total. The number of imidazole rings is 1. The Balaban J connectivity index is 1.63. The third-order valence-corrected chi connectivity index (χ3v) is 4.68. The Bertz CT molecular complexity index is 969. The van der Waals surface area contributed by atoms with Crippen LogP contribution in [0, 0.1) is 17.0 Å². The van der Waals surface area contributed by atoms with E-state index in [4.69, 9.17) is 16.3 Å². The van der Waals surface area contributed by atoms with E-state index >= 15 is 0 Å². The van der Waals surface area contributed by atoms with Gasteiger partial charge in [-0.05, 0) is 17.1 Å². The third-order valence-electron chi connectivity index (χ3n) is 3.55. The van der Waals surface area contributed by atoms with Gasteiger partial charge in [-0.3, -0.25) is 0 Å². The molecular weight excluding hydrogens is 380 g/mol. The minimum absolute atomic E-state index is 0.0269. The maximum absolute atomic E-state index is 12.1. The van der Waals surface area contributed by atoms with Crippen LogP contribution < -0.4 is 0 Å². The van der Waals surface area contributed by atoms with Crippen molar-refractivity contribution in [2.24, 2.45) is 0 Å². The molecule has 0 spiro atoms. The fourth-order valence-corrected chi connectivity index (χ4v) is 3.28. The highest BCUT2D eigenvalue weighted by Gasteiger charge is 2.19. The van der Waals surface area contributed by atoms with E-state index in [0.29, 0.717) is 15.9 Å². The number of aromatic nitrogens is 3. The Morgan fingerprint density at radius 3 is 3.00 bits per heavy atom. The zero-order valence-electron chi connectivity index (χ0n) is 13.6. The lowest BCUT2D eigenvalue weighted by molar-refractivity contribution is -0.392. The van der Waals surface area contributed by atoms with Gasteiger partial charge in [0.25, 0.3) is 0 Å². The summed E-state index contributed by atoms with van der Waals surface area (Å²) in [5, 5.41) is 13.8. The summed E-state index contributed by atoms with van der Waals surface area (Å²) >= 11 is 7.26. The first-order valence-electron chi connectivity index (χ1n) is 7.51. The number of esters is 1. The number of hydrogen-bond acceptors (Lipinski definition) is 7. The van der Waals surface area contributed by atoms with Crippen molar-refractivity contribution in [3.8, 4) is 10.6 Å². The van der Waals surface area contributed by atoms with E-state index in [1.807, 2.05) is 6.07 Å². The Morgan fingerprint density at radius 1 is 1.46 bits per heavy atom. The molecule has 134 valence electrons. The van der Waals surface area contributed by atoms with Gasteiger partial charge >= 0.3 is 11.8 Å². The fraction of sp³-hybridized carbons (Fsp3) is 0.188. The van der Waals surface area contributed by atoms with Crippen LogP contribution >= 0.6 is 22.9 Å². The van der Waals surface area contributed by atoms with Crippen molar-refractivity contribution in [2.45, 2.75) is 13.5 Å². The molecule has 10 heteroatoms. The number of rotatable bonds is 6. The number of benzene rings is 1. The molecule has 0 bridgehead atoms. The van der Waals surface area contributed by atoms with Gasteiger partial charge in [0.1, 0.15) is 24.4 Å². The summed E-state index contributed by atoms with van der Waals surface area (Å²) in [7, 11) is 0. The van der Waals surface area contributed by atoms with Crippen LogP contribution in [0.15, 0.2) is 35.8 Å². The van der Waals surface area contributed by atoms with Crippen molar-refractivity contribution in [2.75, 3.05) is 6.61 Å². The van der Waals surface area contributed by atoms with E-state index in [2.05, 4.69) is 9.97 Å². The van der Waals surface area contributed by atoms with Gasteiger partial charge in [-0.15, -0.1) is 11.3 Å². The number of thiazole rings is 1. The van der Waals surface area contributed by atoms with Crippen LogP contribution in [0.1, 0.15) is 16.3 Å². The van der Waals surface area contributed by atoms with E-state index in [1.165, 1.54) is 22.1 Å². The molecule has 0 amide bonds. The van der Waals surface area contributed by atoms with Crippen molar-refractivity contribution >= 4 is 34.7 Å². The molecule has 0 saturated heterocycles. The maximum atomic E-state index is 12.1. The minimum Gasteiger partial charge on any atom is -0.457 e. The maximum Gasteiger partial charge on any atom is 0.357 e. The number of aryl methyl sites for hydroxylation is 1. The van der Waals surface area contributed by atoms with Crippen LogP contribution in [0.4, 0.5) is 5.82 Å². The Hall–Kier alpha value is -2.78. The van der Waals surface area contributed by atoms with Crippen LogP contribution in [0.2, 0.25) is 5.02 Å². The van der Waals surface area contributed by atoms with Crippen LogP contribution in [0.25, 0.3) is 10.6 Å². The second-order valence-electron chi connectivity index (χ2n) is 5.26. The number of nitrogens with zero attached hydrogens (tertiary/aromatic N) is 4. The SMILES string of the molecule is Cc1ncc([N+](=O)[O-])n1CCOC(=O)c1csc(-c2cccc(Cl)c2)n1. The summed E-state index contributed by atoms with van der Waals surface area (Å²) in [6, 6.07) is 7.17. The smallest absolute Gasteiger partial charge is 0.357 e. The summed E-state index contributed by atoms with van der Waals surface area (Å²) in [4.78, 5) is 30.7. The molecule has 2 aromatic heterocycles. The Morgan fingerprint density at radius 2 is 2.27 bits per heavy atom. The lowest BCUT2D eigenvalue weighted by Gasteiger charge is -2.04. The lowest BCUT2D eigenvalue weighted by atomic mass is 10.2. The highest BCUT2D eigenvalue weighted by molar-refractivity contribution is 7.13. The van der Waals surface area contributed by atoms with Crippen molar-refractivity contribution in [3.05, 3.63) is 62.5 Å². The van der Waals surface area contributed by atoms with Gasteiger partial charge < -0.3 is 14.9 Å². The van der Waals surface area contributed by atoms with Gasteiger partial charge in [-0.2, -0.15) is 0 Å². The van der Waals surface area contributed by atoms with Gasteiger partial charge in [0.05, 0.1) is 0 Å². The molecule has 0 aliphatic heterocycles. The summed E-state index contributed by atoms with van der Waals surface area (Å²) in [6.45, 7) is 1.76. The molecule has 0 radical (unpaired) electrons. The number of nitro groups is 1. The molecule has 8 nitrogen and oxygen atoms in total. The Labute approximate surface area is 157 Å². The first-order valence-corrected chi connectivity index (χ1v) is 8.76. The topological polar surface area (TPSA) is 100 Å². The number of hydrogen-bond donors (Lipinski definition) is 0. The van der Waals surface area contributed by atoms with Crippen molar-refractivity contribution in [3.63, 3.8) is 0 Å². The molecule has 1 aromatic carbocycles. The largest absolute Gasteiger partial charge is 0.457 e. The third kappa shape index (κ3) is 3.89. The molecule has 0 aliphatic rings. The summed E-state index contributed by atoms with van der Waals surface area (Å²) in [5.41, 5.74) is 0.994. The first kappa shape index (κ1) is 18.0. The zero-order chi connectivity index (χ0) is 18.7. The predicted molar refractivity (Wildman–Crippen MR) is 96.5 cm³/mol. The van der Waals surface area contributed by atoms with Gasteiger partial charge in [0, 0.05) is 22.9 Å². The summed E-state index contributed by atoms with van der Waals surface area (Å²) in [5.74, 6) is -0.255. The molecule has 26 heavy (non-hydrogen) atoms. The number of halogens is 1. The van der Waals surface area contributed by atoms with Crippen molar-refractivity contribution < 1.29 is 14.5 Å². The number of ether oxygens (including phenoxy) is 1. The van der Waals surface area contributed by atoms with Crippen LogP contribution in [-0.4, -0.2) is 32.0 Å². The molecule has 3 aromatic rings. The predicted octanol–water partition coefficient (Wildman–Crippen LogP) is 3.73. The normalized spacial score (nSPS) is 10.7. The second kappa shape index (κ2) is 7.63. The molecule has 3 rings (SSSR count). The standard InChI is InChI=1S/C16H13ClN4O4S/c1-10-18-8-14(21(23)24)20(10)5-6-25-16(22)13-9-26-15(19-13)11-3-2-4-12(17)7-11/h2-4,7-9H,5-6H2,1H3. The van der Waals surface area contributed by atoms with Crippen molar-refractivity contribution in [1.82, 2.24) is 14.5 Å². The van der Waals surface area contributed by atoms with Crippen LogP contribution in [-0.2, 0) is 11.3 Å². The highest BCUT2D eigenvalue weighted by atomic mass is 35.5. The quantitative estimate of drug-likeness (QED) is 0.360. The molecule has 2 heterocycles. The zero-order valence-corrected chi connectivity index (χ0v) is 15.2. The van der Waals surface area contributed by atoms with Gasteiger partial charge in [-0.25, -0.2) is 19.3 Å². The molecule has 0 atom stereocenters. The summed E-state index contributed by atoms with van der Waals surface area (Å²) < 4.78 is 6.55. The van der Waals surface area contributed by atoms with E-state index in [0.717, 1.165) is 5.56 Å². The molecular formula is C16H13ClN4O4S. The molecule has 0 unspecified atom stereocenters. The number of carbonyl (C=O) groups is 1. The van der Waals surface area contributed by atoms with E-state index in [-0.39, 0.29) is 24.7 Å². The van der Waals surface area contributed by atoms with Crippen LogP contribution in [0.3, 0.4) is 0 Å². The van der Waals surface area contributed by atoms with Crippen molar-refractivity contribution in [1.29, 1.82) is 0 Å². The molecule has 0 aliphatic carbocycles. The van der Waals surface area contributed by atoms with E-state index in [1.54, 1.807) is 30.5 Å². The Kier molecular flexibility index (Phi) is 5.29. The highest BCUT2D eigenvalue weighted by Crippen LogP contribution is 2.26. The monoisotopic (exact) mass is 392 g/mol. The number of carbonyl (C=O) groups excluding carboxylic acids is 1. The van der Waals surface area contributed by atoms with Gasteiger partial charge in [-0.1, -0.05) is 23.7 Å². The summed E-state index contributed by atoms with van der Waals surface area (Å²) in [6.07, 6.45) is 1.18. The van der Waals surface area contributed by atoms with Crippen LogP contribution in [0.5, 0.6) is 0 Å². The second-order valence-corrected chi connectivity index (χ2v) is 6.55. The average Bonchev–Trinajstić information content (AvgIpc) is 3.22. The fourth-order valence-electron chi connectivity index (χ4n) is 2.30. The van der Waals surface area contributed by atoms with E-state index < -0.39 is 10.9 Å². The van der Waals surface area contributed by atoms with Gasteiger partial charge in [0.2, 0.25) is 0 Å². The molecule has 0 fully saturated rings. The minimum atomic E-state index is -0.588. The van der Waals surface area contributed by atoms with E-state index in [9.17, 15) is 14.9 Å². The lowest BCUT2D eigenvalue weighted by Crippen LogP contribution is -2.14. The van der Waals surface area contributed by atoms with Gasteiger partial charge in [0.15, 0.2) is 11.5 Å². The molecule has 0 saturated carbocycles.